The summed E-state index contributed by atoms with van der Waals surface area (Å²) in [5.74, 6) is -0.971. The Morgan fingerprint density at radius 3 is 1.81 bits per heavy atom. The van der Waals surface area contributed by atoms with E-state index in [1.807, 2.05) is 90.4 Å². The number of carboxylic acid groups (broad SMARTS) is 1. The number of rotatable bonds is 2. The molecule has 31 heavy (non-hydrogen) atoms. The van der Waals surface area contributed by atoms with Crippen molar-refractivity contribution in [1.29, 1.82) is 0 Å². The Labute approximate surface area is 257 Å². The van der Waals surface area contributed by atoms with Crippen molar-refractivity contribution in [2.24, 2.45) is 0 Å². The fraction of sp³-hybridized carbons (Fsp3) is 0. The van der Waals surface area contributed by atoms with Crippen LogP contribution in [0.5, 0.6) is 11.5 Å². The summed E-state index contributed by atoms with van der Waals surface area (Å²) in [6.45, 7) is 0. The van der Waals surface area contributed by atoms with Crippen LogP contribution in [0.4, 0.5) is 0 Å². The Morgan fingerprint density at radius 1 is 0.871 bits per heavy atom. The van der Waals surface area contributed by atoms with E-state index < -0.39 is 5.97 Å². The van der Waals surface area contributed by atoms with Gasteiger partial charge in [-0.1, -0.05) is 17.7 Å². The molecule has 4 rings (SSSR count). The number of phenolic OH excluding ortho intramolecular Hbond substituents is 2. The minimum Gasteiger partial charge on any atom is -0.505 e. The Morgan fingerprint density at radius 2 is 1.35 bits per heavy atom. The van der Waals surface area contributed by atoms with Gasteiger partial charge >= 0.3 is 46.7 Å². The molecule has 0 spiro atoms. The van der Waals surface area contributed by atoms with E-state index in [-0.39, 0.29) is 51.6 Å². The number of carboxylic acids is 1. The summed E-state index contributed by atoms with van der Waals surface area (Å²) in [7, 11) is 0. The first-order chi connectivity index (χ1) is 14.1. The number of benzene rings is 3. The molecule has 0 amide bonds. The maximum Gasteiger partial charge on any atom is 1.00 e. The summed E-state index contributed by atoms with van der Waals surface area (Å²) < 4.78 is 8.29. The third-order valence-corrected chi connectivity index (χ3v) is 8.50. The van der Waals surface area contributed by atoms with Crippen LogP contribution >= 0.6 is 102 Å². The molecule has 0 fully saturated rings. The fourth-order valence-electron chi connectivity index (χ4n) is 3.23. The molecule has 0 radical (unpaired) electrons. The molecule has 0 saturated carbocycles. The van der Waals surface area contributed by atoms with Gasteiger partial charge in [0.2, 0.25) is 0 Å². The van der Waals surface area contributed by atoms with E-state index in [0.717, 1.165) is 0 Å². The van der Waals surface area contributed by atoms with Crippen molar-refractivity contribution >= 4 is 130 Å². The fourth-order valence-corrected chi connectivity index (χ4v) is 7.07. The number of carbonyl (C=O) groups is 1. The Balaban J connectivity index is 0.00000272. The van der Waals surface area contributed by atoms with Gasteiger partial charge in [0, 0.05) is 16.1 Å². The van der Waals surface area contributed by atoms with Crippen molar-refractivity contribution < 1.29 is 54.1 Å². The van der Waals surface area contributed by atoms with Gasteiger partial charge in [-0.15, -0.1) is 0 Å². The third kappa shape index (κ3) is 4.50. The summed E-state index contributed by atoms with van der Waals surface area (Å²) in [5, 5.41) is 32.2. The van der Waals surface area contributed by atoms with Crippen LogP contribution < -0.4 is 29.6 Å². The first kappa shape index (κ1) is 26.2. The standard InChI is InChI=1S/C20H7ClI4O5.Na/c21-9-3-1-2-6(20(28)29)13(9)12-7-4-10(22)16(26)14(24)18(7)30-19-8(12)5-11(23)17(27)15(19)25;/h1-5H,(H2-,26,27,28,29);/q;+1/p+1. The van der Waals surface area contributed by atoms with Gasteiger partial charge in [0.15, 0.2) is 18.6 Å². The zero-order valence-corrected chi connectivity index (χ0v) is 26.8. The molecule has 0 bridgehead atoms. The SMILES string of the molecule is O=C(O)c1cccc(Cl)c1-c1c2cc(I)c(O)c(I)c2[o+]c2c(I)c(O)c(I)cc12.[Na+]. The molecule has 3 aromatic carbocycles. The van der Waals surface area contributed by atoms with Crippen molar-refractivity contribution in [2.45, 2.75) is 0 Å². The number of hydrogen-bond acceptors (Lipinski definition) is 3. The van der Waals surface area contributed by atoms with Crippen molar-refractivity contribution in [2.75, 3.05) is 0 Å². The van der Waals surface area contributed by atoms with Gasteiger partial charge in [-0.3, -0.25) is 0 Å². The number of halogens is 5. The molecule has 3 N–H and O–H groups in total. The second-order valence-corrected chi connectivity index (χ2v) is 11.1. The molecule has 4 aromatic rings. The van der Waals surface area contributed by atoms with Gasteiger partial charge in [0.05, 0.1) is 23.5 Å². The Bertz CT molecular complexity index is 1340. The van der Waals surface area contributed by atoms with Crippen LogP contribution in [0.15, 0.2) is 34.7 Å². The summed E-state index contributed by atoms with van der Waals surface area (Å²) in [6, 6.07) is 8.21. The van der Waals surface area contributed by atoms with Crippen LogP contribution in [0.25, 0.3) is 33.1 Å². The average molecular weight is 894 g/mol. The van der Waals surface area contributed by atoms with Crippen molar-refractivity contribution in [3.05, 3.63) is 55.2 Å². The summed E-state index contributed by atoms with van der Waals surface area (Å²) >= 11 is 14.5. The Hall–Kier alpha value is 0.610. The summed E-state index contributed by atoms with van der Waals surface area (Å²) in [5.41, 5.74) is 1.73. The van der Waals surface area contributed by atoms with E-state index in [1.165, 1.54) is 6.07 Å². The molecule has 0 aliphatic carbocycles. The molecule has 152 valence electrons. The second kappa shape index (κ2) is 10.1. The maximum atomic E-state index is 12.0. The molecular formula is C20H8ClI4NaO5+2. The van der Waals surface area contributed by atoms with E-state index in [2.05, 4.69) is 0 Å². The number of aromatic hydroxyl groups is 2. The quantitative estimate of drug-likeness (QED) is 0.118. The molecule has 1 heterocycles. The van der Waals surface area contributed by atoms with Gasteiger partial charge in [0.1, 0.15) is 0 Å². The zero-order valence-electron chi connectivity index (χ0n) is 15.4. The maximum absolute atomic E-state index is 12.0. The van der Waals surface area contributed by atoms with Crippen LogP contribution in [0.3, 0.4) is 0 Å². The Kier molecular flexibility index (Phi) is 8.52. The van der Waals surface area contributed by atoms with Crippen molar-refractivity contribution in [1.82, 2.24) is 0 Å². The van der Waals surface area contributed by atoms with E-state index in [1.54, 1.807) is 24.3 Å². The third-order valence-electron chi connectivity index (χ3n) is 4.54. The molecule has 1 aromatic heterocycles. The summed E-state index contributed by atoms with van der Waals surface area (Å²) in [6.07, 6.45) is 0. The van der Waals surface area contributed by atoms with Crippen LogP contribution in [-0.4, -0.2) is 21.3 Å². The number of hydrogen-bond donors (Lipinski definition) is 3. The topological polar surface area (TPSA) is 89.1 Å². The van der Waals surface area contributed by atoms with E-state index in [9.17, 15) is 20.1 Å². The van der Waals surface area contributed by atoms with Gasteiger partial charge < -0.3 is 15.3 Å². The first-order valence-corrected chi connectivity index (χ1v) is 12.8. The number of phenols is 2. The van der Waals surface area contributed by atoms with E-state index in [4.69, 9.17) is 16.0 Å². The molecule has 0 saturated heterocycles. The number of aromatic carboxylic acids is 1. The van der Waals surface area contributed by atoms with Gasteiger partial charge in [-0.05, 0) is 115 Å². The molecular weight excluding hydrogens is 886 g/mol. The predicted octanol–water partition coefficient (Wildman–Crippen LogP) is 4.72. The van der Waals surface area contributed by atoms with Crippen LogP contribution in [0.1, 0.15) is 10.4 Å². The van der Waals surface area contributed by atoms with Crippen molar-refractivity contribution in [3.63, 3.8) is 0 Å². The van der Waals surface area contributed by atoms with Gasteiger partial charge in [-0.25, -0.2) is 9.21 Å². The monoisotopic (exact) mass is 894 g/mol. The molecule has 11 heteroatoms. The molecule has 0 atom stereocenters. The van der Waals surface area contributed by atoms with Gasteiger partial charge in [-0.2, -0.15) is 0 Å². The van der Waals surface area contributed by atoms with Crippen LogP contribution in [0, 0.1) is 14.3 Å². The first-order valence-electron chi connectivity index (χ1n) is 8.13. The molecule has 0 aliphatic rings. The zero-order chi connectivity index (χ0) is 21.9. The molecule has 0 unspecified atom stereocenters. The smallest absolute Gasteiger partial charge is 0.505 e. The normalized spacial score (nSPS) is 11.0. The minimum atomic E-state index is -1.11. The van der Waals surface area contributed by atoms with E-state index in [0.29, 0.717) is 47.3 Å². The average Bonchev–Trinajstić information content (AvgIpc) is 2.70. The molecule has 0 aliphatic heterocycles. The van der Waals surface area contributed by atoms with Crippen LogP contribution in [0.2, 0.25) is 5.02 Å². The largest absolute Gasteiger partial charge is 1.00 e. The van der Waals surface area contributed by atoms with Crippen molar-refractivity contribution in [3.8, 4) is 22.6 Å². The van der Waals surface area contributed by atoms with Crippen LogP contribution in [-0.2, 0) is 0 Å². The molecule has 5 nitrogen and oxygen atoms in total. The summed E-state index contributed by atoms with van der Waals surface area (Å²) in [4.78, 5) is 12.0. The number of fused-ring (bicyclic) bond motifs is 2. The van der Waals surface area contributed by atoms with Gasteiger partial charge in [0.25, 0.3) is 0 Å². The second-order valence-electron chi connectivity index (χ2n) is 6.24. The van der Waals surface area contributed by atoms with E-state index >= 15 is 0 Å². The minimum absolute atomic E-state index is 0. The predicted molar refractivity (Wildman–Crippen MR) is 150 cm³/mol.